The van der Waals surface area contributed by atoms with Crippen LogP contribution in [-0.4, -0.2) is 0 Å². The predicted molar refractivity (Wildman–Crippen MR) is 138 cm³/mol. The maximum atomic E-state index is 2.38. The van der Waals surface area contributed by atoms with Gasteiger partial charge in [-0.2, -0.15) is 0 Å². The summed E-state index contributed by atoms with van der Waals surface area (Å²) < 4.78 is 0. The topological polar surface area (TPSA) is 0 Å². The van der Waals surface area contributed by atoms with E-state index in [1.165, 1.54) is 38.5 Å². The van der Waals surface area contributed by atoms with Gasteiger partial charge in [-0.15, -0.1) is 0 Å². The molecule has 6 unspecified atom stereocenters. The molecule has 3 rings (SSSR count). The molecule has 0 aromatic carbocycles. The van der Waals surface area contributed by atoms with Gasteiger partial charge >= 0.3 is 0 Å². The van der Waals surface area contributed by atoms with Crippen LogP contribution in [0.1, 0.15) is 122 Å². The van der Waals surface area contributed by atoms with Crippen molar-refractivity contribution in [2.24, 2.45) is 71.0 Å². The molecule has 6 atom stereocenters. The average molecular weight is 421 g/mol. The highest BCUT2D eigenvalue weighted by Crippen LogP contribution is 2.48. The molecular formula is C30H60. The van der Waals surface area contributed by atoms with Gasteiger partial charge in [-0.1, -0.05) is 89.5 Å². The zero-order valence-corrected chi connectivity index (χ0v) is 23.2. The second-order valence-electron chi connectivity index (χ2n) is 13.2. The van der Waals surface area contributed by atoms with Crippen molar-refractivity contribution < 1.29 is 0 Å². The van der Waals surface area contributed by atoms with Gasteiger partial charge in [0.05, 0.1) is 0 Å². The maximum absolute atomic E-state index is 2.38. The Kier molecular flexibility index (Phi) is 12.0. The molecule has 0 saturated heterocycles. The Balaban J connectivity index is 0.000000226. The quantitative estimate of drug-likeness (QED) is 0.401. The minimum absolute atomic E-state index is 0.907. The van der Waals surface area contributed by atoms with Crippen molar-refractivity contribution in [2.45, 2.75) is 122 Å². The molecule has 0 heteroatoms. The highest BCUT2D eigenvalue weighted by atomic mass is 14.5. The lowest BCUT2D eigenvalue weighted by Gasteiger charge is -2.42. The number of rotatable bonds is 6. The number of hydrogen-bond donors (Lipinski definition) is 0. The van der Waals surface area contributed by atoms with Crippen LogP contribution in [0.3, 0.4) is 0 Å². The lowest BCUT2D eigenvalue weighted by molar-refractivity contribution is 0.0793. The van der Waals surface area contributed by atoms with E-state index in [2.05, 4.69) is 83.1 Å². The summed E-state index contributed by atoms with van der Waals surface area (Å²) in [6.07, 6.45) is 8.92. The Labute approximate surface area is 192 Å². The minimum atomic E-state index is 0.907. The van der Waals surface area contributed by atoms with E-state index in [1.54, 1.807) is 0 Å². The molecule has 3 aliphatic carbocycles. The summed E-state index contributed by atoms with van der Waals surface area (Å²) in [5.74, 6) is 11.8. The van der Waals surface area contributed by atoms with Crippen LogP contribution < -0.4 is 0 Å². The predicted octanol–water partition coefficient (Wildman–Crippen LogP) is 9.97. The first-order valence-electron chi connectivity index (χ1n) is 13.9. The largest absolute Gasteiger partial charge is 0.0625 e. The van der Waals surface area contributed by atoms with Crippen LogP contribution >= 0.6 is 0 Å². The summed E-state index contributed by atoms with van der Waals surface area (Å²) in [6.45, 7) is 28.3. The summed E-state index contributed by atoms with van der Waals surface area (Å²) in [5, 5.41) is 0. The van der Waals surface area contributed by atoms with Crippen molar-refractivity contribution in [1.82, 2.24) is 0 Å². The lowest BCUT2D eigenvalue weighted by atomic mass is 9.64. The summed E-state index contributed by atoms with van der Waals surface area (Å²) in [7, 11) is 0. The first-order chi connectivity index (χ1) is 13.9. The third kappa shape index (κ3) is 8.50. The van der Waals surface area contributed by atoms with Gasteiger partial charge in [-0.25, -0.2) is 0 Å². The van der Waals surface area contributed by atoms with Crippen LogP contribution in [0.2, 0.25) is 0 Å². The number of hydrogen-bond acceptors (Lipinski definition) is 0. The molecule has 0 spiro atoms. The molecule has 30 heavy (non-hydrogen) atoms. The minimum Gasteiger partial charge on any atom is -0.0625 e. The molecule has 0 N–H and O–H groups in total. The molecule has 180 valence electrons. The molecule has 0 bridgehead atoms. The van der Waals surface area contributed by atoms with E-state index in [1.807, 2.05) is 0 Å². The van der Waals surface area contributed by atoms with Crippen molar-refractivity contribution in [3.8, 4) is 0 Å². The molecule has 0 aromatic rings. The Hall–Kier alpha value is 0. The summed E-state index contributed by atoms with van der Waals surface area (Å²) in [6, 6.07) is 0. The van der Waals surface area contributed by atoms with Crippen molar-refractivity contribution in [2.75, 3.05) is 0 Å². The molecule has 3 aliphatic rings. The molecule has 3 saturated carbocycles. The molecule has 3 fully saturated rings. The van der Waals surface area contributed by atoms with Crippen LogP contribution in [0.15, 0.2) is 0 Å². The van der Waals surface area contributed by atoms with Crippen molar-refractivity contribution in [1.29, 1.82) is 0 Å². The second-order valence-corrected chi connectivity index (χ2v) is 13.2. The van der Waals surface area contributed by atoms with E-state index in [-0.39, 0.29) is 0 Å². The SMILES string of the molecule is CC(C)C1CC1C(C)C.CC(C)C1CCC1C(C)C.CC(C)C1CCCC1C(C)C. The van der Waals surface area contributed by atoms with Gasteiger partial charge in [0, 0.05) is 0 Å². The summed E-state index contributed by atoms with van der Waals surface area (Å²) in [4.78, 5) is 0. The molecule has 0 amide bonds. The van der Waals surface area contributed by atoms with Crippen LogP contribution in [0.4, 0.5) is 0 Å². The van der Waals surface area contributed by atoms with Crippen LogP contribution in [0.5, 0.6) is 0 Å². The van der Waals surface area contributed by atoms with Crippen LogP contribution in [0.25, 0.3) is 0 Å². The Morgan fingerprint density at radius 1 is 0.333 bits per heavy atom. The van der Waals surface area contributed by atoms with Crippen molar-refractivity contribution in [3.63, 3.8) is 0 Å². The zero-order chi connectivity index (χ0) is 23.2. The third-order valence-corrected chi connectivity index (χ3v) is 9.04. The van der Waals surface area contributed by atoms with Gasteiger partial charge in [0.15, 0.2) is 0 Å². The Morgan fingerprint density at radius 2 is 0.567 bits per heavy atom. The third-order valence-electron chi connectivity index (χ3n) is 9.04. The molecule has 0 nitrogen and oxygen atoms in total. The molecule has 0 radical (unpaired) electrons. The molecule has 0 aliphatic heterocycles. The standard InChI is InChI=1S/C11H22.C10H20.C9H18/c1-8(2)10-6-5-7-11(10)9(3)4;1-7(2)9-5-6-10(9)8(3)4;1-6(2)8-5-9(8)7(3)4/h8-11H,5-7H2,1-4H3;7-10H,5-6H2,1-4H3;6-9H,5H2,1-4H3. The van der Waals surface area contributed by atoms with Gasteiger partial charge in [0.2, 0.25) is 0 Å². The van der Waals surface area contributed by atoms with Crippen molar-refractivity contribution >= 4 is 0 Å². The van der Waals surface area contributed by atoms with Crippen LogP contribution in [-0.2, 0) is 0 Å². The first kappa shape index (κ1) is 28.0. The van der Waals surface area contributed by atoms with E-state index in [4.69, 9.17) is 0 Å². The lowest BCUT2D eigenvalue weighted by Crippen LogP contribution is -2.33. The second kappa shape index (κ2) is 12.9. The summed E-state index contributed by atoms with van der Waals surface area (Å²) in [5.41, 5.74) is 0. The van der Waals surface area contributed by atoms with Gasteiger partial charge in [0.1, 0.15) is 0 Å². The monoisotopic (exact) mass is 420 g/mol. The van der Waals surface area contributed by atoms with Crippen LogP contribution in [0, 0.1) is 71.0 Å². The van der Waals surface area contributed by atoms with Gasteiger partial charge in [-0.05, 0) is 103 Å². The van der Waals surface area contributed by atoms with E-state index in [0.717, 1.165) is 71.0 Å². The molecule has 0 heterocycles. The van der Waals surface area contributed by atoms with Gasteiger partial charge in [-0.3, -0.25) is 0 Å². The zero-order valence-electron chi connectivity index (χ0n) is 23.2. The highest BCUT2D eigenvalue weighted by molar-refractivity contribution is 4.89. The van der Waals surface area contributed by atoms with E-state index in [9.17, 15) is 0 Å². The Morgan fingerprint density at radius 3 is 0.733 bits per heavy atom. The smallest absolute Gasteiger partial charge is 0.0357 e. The van der Waals surface area contributed by atoms with E-state index in [0.29, 0.717) is 0 Å². The highest BCUT2D eigenvalue weighted by Gasteiger charge is 2.40. The molecular weight excluding hydrogens is 360 g/mol. The normalized spacial score (nSPS) is 33.0. The Bertz CT molecular complexity index is 401. The van der Waals surface area contributed by atoms with Crippen molar-refractivity contribution in [3.05, 3.63) is 0 Å². The van der Waals surface area contributed by atoms with E-state index >= 15 is 0 Å². The molecule has 0 aromatic heterocycles. The fraction of sp³-hybridized carbons (Fsp3) is 1.00. The van der Waals surface area contributed by atoms with E-state index < -0.39 is 0 Å². The average Bonchev–Trinajstić information content (AvgIpc) is 3.23. The fourth-order valence-corrected chi connectivity index (χ4v) is 6.65. The van der Waals surface area contributed by atoms with Gasteiger partial charge < -0.3 is 0 Å². The summed E-state index contributed by atoms with van der Waals surface area (Å²) >= 11 is 0. The maximum Gasteiger partial charge on any atom is -0.0357 e. The van der Waals surface area contributed by atoms with Gasteiger partial charge in [0.25, 0.3) is 0 Å². The first-order valence-corrected chi connectivity index (χ1v) is 13.9. The fourth-order valence-electron chi connectivity index (χ4n) is 6.65.